The molecule has 4 nitrogen and oxygen atoms in total. The van der Waals surface area contributed by atoms with Gasteiger partial charge in [-0.1, -0.05) is 0 Å². The molecule has 0 unspecified atom stereocenters. The van der Waals surface area contributed by atoms with E-state index in [2.05, 4.69) is 5.32 Å². The topological polar surface area (TPSA) is 49.4 Å². The van der Waals surface area contributed by atoms with Crippen molar-refractivity contribution in [1.82, 2.24) is 4.90 Å². The lowest BCUT2D eigenvalue weighted by atomic mass is 9.99. The molecule has 17 heavy (non-hydrogen) atoms. The summed E-state index contributed by atoms with van der Waals surface area (Å²) >= 11 is 1.53. The summed E-state index contributed by atoms with van der Waals surface area (Å²) in [6.07, 6.45) is 4.99. The second-order valence-electron chi connectivity index (χ2n) is 3.95. The Bertz CT molecular complexity index is 495. The van der Waals surface area contributed by atoms with Crippen molar-refractivity contribution in [2.24, 2.45) is 5.92 Å². The van der Waals surface area contributed by atoms with Gasteiger partial charge in [0, 0.05) is 18.0 Å². The molecule has 0 aromatic carbocycles. The molecule has 1 aliphatic heterocycles. The molecule has 0 saturated carbocycles. The first-order chi connectivity index (χ1) is 8.10. The van der Waals surface area contributed by atoms with E-state index >= 15 is 0 Å². The molecule has 1 fully saturated rings. The number of hydrogen-bond donors (Lipinski definition) is 1. The van der Waals surface area contributed by atoms with E-state index in [1.54, 1.807) is 0 Å². The average Bonchev–Trinajstić information content (AvgIpc) is 2.61. The molecule has 2 rings (SSSR count). The first-order valence-electron chi connectivity index (χ1n) is 5.23. The molecule has 1 saturated heterocycles. The zero-order chi connectivity index (χ0) is 12.4. The van der Waals surface area contributed by atoms with Crippen molar-refractivity contribution in [2.45, 2.75) is 6.92 Å². The summed E-state index contributed by atoms with van der Waals surface area (Å²) in [6, 6.07) is 3.83. The smallest absolute Gasteiger partial charge is 0.298 e. The molecule has 2 heterocycles. The number of nitrogens with one attached hydrogen (secondary N) is 1. The van der Waals surface area contributed by atoms with E-state index in [0.29, 0.717) is 13.1 Å². The maximum absolute atomic E-state index is 11.8. The quantitative estimate of drug-likeness (QED) is 0.796. The Hall–Kier alpha value is -1.80. The number of carbonyl (C=O) groups excluding carboxylic acids is 2. The molecule has 1 aromatic rings. The monoisotopic (exact) mass is 248 g/mol. The fourth-order valence-electron chi connectivity index (χ4n) is 1.63. The molecule has 2 amide bonds. The molecule has 0 radical (unpaired) electrons. The van der Waals surface area contributed by atoms with Gasteiger partial charge in [0.25, 0.3) is 5.91 Å². The maximum atomic E-state index is 11.8. The number of terminal acetylenes is 1. The molecule has 5 heteroatoms. The normalized spacial score (nSPS) is 14.9. The number of carbonyl (C=O) groups is 2. The minimum absolute atomic E-state index is 0.0482. The fourth-order valence-corrected chi connectivity index (χ4v) is 2.40. The van der Waals surface area contributed by atoms with E-state index in [-0.39, 0.29) is 17.7 Å². The van der Waals surface area contributed by atoms with Crippen LogP contribution in [0.4, 0.5) is 5.00 Å². The lowest BCUT2D eigenvalue weighted by Gasteiger charge is -2.36. The molecule has 88 valence electrons. The number of amides is 2. The summed E-state index contributed by atoms with van der Waals surface area (Å²) in [5.74, 6) is 1.50. The summed E-state index contributed by atoms with van der Waals surface area (Å²) in [7, 11) is 0. The van der Waals surface area contributed by atoms with Crippen molar-refractivity contribution in [3.05, 3.63) is 17.0 Å². The van der Waals surface area contributed by atoms with Gasteiger partial charge in [0.15, 0.2) is 0 Å². The number of thiophene rings is 1. The van der Waals surface area contributed by atoms with Gasteiger partial charge in [-0.05, 0) is 25.0 Å². The number of anilines is 1. The van der Waals surface area contributed by atoms with Crippen molar-refractivity contribution in [1.29, 1.82) is 0 Å². The Morgan fingerprint density at radius 2 is 2.24 bits per heavy atom. The Kier molecular flexibility index (Phi) is 3.16. The predicted molar refractivity (Wildman–Crippen MR) is 66.6 cm³/mol. The number of likely N-dealkylation sites (tertiary alicyclic amines) is 1. The highest BCUT2D eigenvalue weighted by atomic mass is 32.1. The van der Waals surface area contributed by atoms with Gasteiger partial charge in [0.05, 0.1) is 10.9 Å². The molecule has 0 bridgehead atoms. The molecule has 0 aliphatic carbocycles. The van der Waals surface area contributed by atoms with Crippen LogP contribution in [-0.2, 0) is 9.59 Å². The van der Waals surface area contributed by atoms with E-state index in [9.17, 15) is 9.59 Å². The van der Waals surface area contributed by atoms with Crippen molar-refractivity contribution < 1.29 is 9.59 Å². The van der Waals surface area contributed by atoms with E-state index in [1.165, 1.54) is 16.2 Å². The standard InChI is InChI=1S/C12H12N2O2S/c1-3-11(15)14-6-9(7-14)12(16)13-10-5-4-8(2)17-10/h1,4-5,9H,6-7H2,2H3,(H,13,16). The largest absolute Gasteiger partial charge is 0.330 e. The van der Waals surface area contributed by atoms with E-state index in [4.69, 9.17) is 6.42 Å². The number of rotatable bonds is 2. The second kappa shape index (κ2) is 4.60. The second-order valence-corrected chi connectivity index (χ2v) is 5.24. The summed E-state index contributed by atoms with van der Waals surface area (Å²) in [5.41, 5.74) is 0. The zero-order valence-electron chi connectivity index (χ0n) is 9.40. The van der Waals surface area contributed by atoms with E-state index in [0.717, 1.165) is 9.88 Å². The minimum Gasteiger partial charge on any atom is -0.330 e. The minimum atomic E-state index is -0.346. The highest BCUT2D eigenvalue weighted by molar-refractivity contribution is 7.16. The summed E-state index contributed by atoms with van der Waals surface area (Å²) in [4.78, 5) is 25.5. The molecule has 1 aromatic heterocycles. The van der Waals surface area contributed by atoms with Gasteiger partial charge in [-0.3, -0.25) is 9.59 Å². The Balaban J connectivity index is 1.84. The van der Waals surface area contributed by atoms with Gasteiger partial charge >= 0.3 is 0 Å². The molecule has 1 N–H and O–H groups in total. The van der Waals surface area contributed by atoms with Crippen LogP contribution in [0.15, 0.2) is 12.1 Å². The number of hydrogen-bond acceptors (Lipinski definition) is 3. The summed E-state index contributed by atoms with van der Waals surface area (Å²) in [5, 5.41) is 3.67. The van der Waals surface area contributed by atoms with Gasteiger partial charge in [0.1, 0.15) is 0 Å². The van der Waals surface area contributed by atoms with Crippen LogP contribution in [0, 0.1) is 25.2 Å². The van der Waals surface area contributed by atoms with Gasteiger partial charge in [0.2, 0.25) is 5.91 Å². The molecule has 0 atom stereocenters. The van der Waals surface area contributed by atoms with Crippen LogP contribution in [0.3, 0.4) is 0 Å². The van der Waals surface area contributed by atoms with Crippen molar-refractivity contribution in [3.8, 4) is 12.3 Å². The molecule has 0 spiro atoms. The van der Waals surface area contributed by atoms with Crippen LogP contribution >= 0.6 is 11.3 Å². The van der Waals surface area contributed by atoms with Gasteiger partial charge in [-0.15, -0.1) is 17.8 Å². The van der Waals surface area contributed by atoms with Crippen LogP contribution in [-0.4, -0.2) is 29.8 Å². The SMILES string of the molecule is C#CC(=O)N1CC(C(=O)Nc2ccc(C)s2)C1. The van der Waals surface area contributed by atoms with Gasteiger partial charge in [-0.2, -0.15) is 0 Å². The Morgan fingerprint density at radius 3 is 2.76 bits per heavy atom. The summed E-state index contributed by atoms with van der Waals surface area (Å²) < 4.78 is 0. The average molecular weight is 248 g/mol. The van der Waals surface area contributed by atoms with Crippen LogP contribution in [0.2, 0.25) is 0 Å². The Morgan fingerprint density at radius 1 is 1.53 bits per heavy atom. The van der Waals surface area contributed by atoms with Gasteiger partial charge in [-0.25, -0.2) is 0 Å². The highest BCUT2D eigenvalue weighted by Crippen LogP contribution is 2.23. The lowest BCUT2D eigenvalue weighted by molar-refractivity contribution is -0.136. The first kappa shape index (κ1) is 11.7. The Labute approximate surface area is 104 Å². The number of aryl methyl sites for hydroxylation is 1. The molecular weight excluding hydrogens is 236 g/mol. The third-order valence-corrected chi connectivity index (χ3v) is 3.57. The van der Waals surface area contributed by atoms with Crippen LogP contribution in [0.5, 0.6) is 0 Å². The first-order valence-corrected chi connectivity index (χ1v) is 6.04. The third-order valence-electron chi connectivity index (χ3n) is 2.65. The zero-order valence-corrected chi connectivity index (χ0v) is 10.2. The van der Waals surface area contributed by atoms with Crippen LogP contribution in [0.1, 0.15) is 4.88 Å². The number of nitrogens with zero attached hydrogens (tertiary/aromatic N) is 1. The lowest BCUT2D eigenvalue weighted by Crippen LogP contribution is -2.54. The van der Waals surface area contributed by atoms with Crippen molar-refractivity contribution in [3.63, 3.8) is 0 Å². The fraction of sp³-hybridized carbons (Fsp3) is 0.333. The van der Waals surface area contributed by atoms with Crippen LogP contribution in [0.25, 0.3) is 0 Å². The molecule has 1 aliphatic rings. The summed E-state index contributed by atoms with van der Waals surface area (Å²) in [6.45, 7) is 2.81. The van der Waals surface area contributed by atoms with Crippen molar-refractivity contribution >= 4 is 28.2 Å². The van der Waals surface area contributed by atoms with Crippen molar-refractivity contribution in [2.75, 3.05) is 18.4 Å². The van der Waals surface area contributed by atoms with Crippen LogP contribution < -0.4 is 5.32 Å². The van der Waals surface area contributed by atoms with E-state index < -0.39 is 0 Å². The highest BCUT2D eigenvalue weighted by Gasteiger charge is 2.35. The molecular formula is C12H12N2O2S. The predicted octanol–water partition coefficient (Wildman–Crippen LogP) is 1.09. The maximum Gasteiger partial charge on any atom is 0.298 e. The van der Waals surface area contributed by atoms with E-state index in [1.807, 2.05) is 25.0 Å². The third kappa shape index (κ3) is 2.48. The van der Waals surface area contributed by atoms with Gasteiger partial charge < -0.3 is 10.2 Å².